The maximum atomic E-state index is 12.7. The van der Waals surface area contributed by atoms with Crippen LogP contribution in [0.2, 0.25) is 0 Å². The van der Waals surface area contributed by atoms with Crippen LogP contribution in [0, 0.1) is 6.92 Å². The molecule has 0 spiro atoms. The second kappa shape index (κ2) is 10.9. The third-order valence-electron chi connectivity index (χ3n) is 4.60. The van der Waals surface area contributed by atoms with Crippen LogP contribution in [0.4, 0.5) is 13.2 Å². The third kappa shape index (κ3) is 7.38. The van der Waals surface area contributed by atoms with E-state index in [-0.39, 0.29) is 18.2 Å². The summed E-state index contributed by atoms with van der Waals surface area (Å²) in [6.07, 6.45) is 0.424. The number of carbonyl (C=O) groups is 1. The maximum absolute atomic E-state index is 12.7. The predicted octanol–water partition coefficient (Wildman–Crippen LogP) is 6.03. The highest BCUT2D eigenvalue weighted by atomic mass is 19.4. The van der Waals surface area contributed by atoms with E-state index < -0.39 is 17.5 Å². The first-order chi connectivity index (χ1) is 13.9. The third-order valence-corrected chi connectivity index (χ3v) is 4.60. The summed E-state index contributed by atoms with van der Waals surface area (Å²) in [5.74, 6) is 0.886. The van der Waals surface area contributed by atoms with Crippen LogP contribution in [0.1, 0.15) is 90.7 Å². The van der Waals surface area contributed by atoms with Crippen molar-refractivity contribution in [2.75, 3.05) is 0 Å². The molecule has 3 rings (SSSR count). The number of halogens is 3. The van der Waals surface area contributed by atoms with Gasteiger partial charge in [0, 0.05) is 18.9 Å². The van der Waals surface area contributed by atoms with E-state index in [0.717, 1.165) is 37.6 Å². The topological polar surface area (TPSA) is 68.0 Å². The van der Waals surface area contributed by atoms with Gasteiger partial charge in [0.25, 0.3) is 0 Å². The number of nitrogens with zero attached hydrogens (tertiary/aromatic N) is 3. The Balaban J connectivity index is 0.000000323. The van der Waals surface area contributed by atoms with Crippen molar-refractivity contribution in [1.82, 2.24) is 14.5 Å². The van der Waals surface area contributed by atoms with Crippen LogP contribution in [0.5, 0.6) is 0 Å². The summed E-state index contributed by atoms with van der Waals surface area (Å²) in [5.41, 5.74) is -0.790. The van der Waals surface area contributed by atoms with Gasteiger partial charge in [-0.2, -0.15) is 13.2 Å². The van der Waals surface area contributed by atoms with Crippen LogP contribution in [-0.4, -0.2) is 31.0 Å². The lowest BCUT2D eigenvalue weighted by Gasteiger charge is -2.28. The molecule has 0 bridgehead atoms. The summed E-state index contributed by atoms with van der Waals surface area (Å²) in [6, 6.07) is 2.64. The van der Waals surface area contributed by atoms with E-state index in [1.807, 2.05) is 32.3 Å². The van der Waals surface area contributed by atoms with Gasteiger partial charge in [-0.25, -0.2) is 9.97 Å². The summed E-state index contributed by atoms with van der Waals surface area (Å²) in [5, 5.41) is 9.19. The summed E-state index contributed by atoms with van der Waals surface area (Å²) < 4.78 is 39.8. The first kappa shape index (κ1) is 26.1. The number of aliphatic hydroxyl groups is 1. The van der Waals surface area contributed by atoms with Gasteiger partial charge >= 0.3 is 6.18 Å². The zero-order valence-corrected chi connectivity index (χ0v) is 18.8. The fourth-order valence-corrected chi connectivity index (χ4v) is 3.18. The molecule has 8 heteroatoms. The number of aryl methyl sites for hydroxylation is 1. The Morgan fingerprint density at radius 1 is 1.20 bits per heavy atom. The highest BCUT2D eigenvalue weighted by Crippen LogP contribution is 2.36. The molecule has 2 aromatic rings. The molecule has 0 atom stereocenters. The number of hydrogen-bond donors (Lipinski definition) is 1. The van der Waals surface area contributed by atoms with Gasteiger partial charge in [0.05, 0.1) is 5.60 Å². The highest BCUT2D eigenvalue weighted by molar-refractivity contribution is 5.79. The van der Waals surface area contributed by atoms with Gasteiger partial charge in [-0.1, -0.05) is 20.8 Å². The van der Waals surface area contributed by atoms with Gasteiger partial charge in [0.15, 0.2) is 5.65 Å². The van der Waals surface area contributed by atoms with E-state index in [1.165, 1.54) is 6.07 Å². The van der Waals surface area contributed by atoms with E-state index in [9.17, 15) is 23.1 Å². The highest BCUT2D eigenvalue weighted by Gasteiger charge is 2.33. The Kier molecular flexibility index (Phi) is 9.46. The number of pyridine rings is 1. The van der Waals surface area contributed by atoms with Gasteiger partial charge in [0.1, 0.15) is 22.8 Å². The van der Waals surface area contributed by atoms with Gasteiger partial charge in [-0.05, 0) is 58.6 Å². The molecule has 2 heterocycles. The average molecular weight is 430 g/mol. The van der Waals surface area contributed by atoms with Crippen molar-refractivity contribution in [3.8, 4) is 0 Å². The van der Waals surface area contributed by atoms with Gasteiger partial charge < -0.3 is 9.67 Å². The minimum Gasteiger partial charge on any atom is -0.390 e. The van der Waals surface area contributed by atoms with Crippen LogP contribution >= 0.6 is 0 Å². The number of rotatable bonds is 5. The lowest BCUT2D eigenvalue weighted by Crippen LogP contribution is -2.22. The SMILES string of the molecule is CC.CCCC(=O)CC(C)(C)O.Cc1nc2ccc(C(F)(F)F)nc2n1C1CCC1. The van der Waals surface area contributed by atoms with E-state index >= 15 is 0 Å². The minimum atomic E-state index is -4.41. The Bertz CT molecular complexity index is 819. The molecule has 1 aliphatic rings. The van der Waals surface area contributed by atoms with Crippen LogP contribution < -0.4 is 0 Å². The number of ketones is 1. The van der Waals surface area contributed by atoms with Crippen molar-refractivity contribution in [2.24, 2.45) is 0 Å². The second-order valence-corrected chi connectivity index (χ2v) is 7.93. The minimum absolute atomic E-state index is 0.148. The second-order valence-electron chi connectivity index (χ2n) is 7.93. The Hall–Kier alpha value is -1.96. The Morgan fingerprint density at radius 3 is 2.23 bits per heavy atom. The molecule has 5 nitrogen and oxygen atoms in total. The van der Waals surface area contributed by atoms with Crippen molar-refractivity contribution in [3.63, 3.8) is 0 Å². The molecule has 0 unspecified atom stereocenters. The van der Waals surface area contributed by atoms with Crippen LogP contribution in [-0.2, 0) is 11.0 Å². The molecule has 1 N–H and O–H groups in total. The number of fused-ring (bicyclic) bond motifs is 1. The number of imidazole rings is 1. The summed E-state index contributed by atoms with van der Waals surface area (Å²) in [6.45, 7) is 11.1. The molecule has 1 fully saturated rings. The first-order valence-electron chi connectivity index (χ1n) is 10.6. The largest absolute Gasteiger partial charge is 0.433 e. The Labute approximate surface area is 176 Å². The van der Waals surface area contributed by atoms with E-state index in [0.29, 0.717) is 17.6 Å². The van der Waals surface area contributed by atoms with Crippen molar-refractivity contribution < 1.29 is 23.1 Å². The van der Waals surface area contributed by atoms with E-state index in [2.05, 4.69) is 9.97 Å². The molecular formula is C22H34F3N3O2. The normalized spacial score (nSPS) is 14.3. The zero-order valence-electron chi connectivity index (χ0n) is 18.8. The molecule has 0 aliphatic heterocycles. The first-order valence-corrected chi connectivity index (χ1v) is 10.6. The van der Waals surface area contributed by atoms with Crippen molar-refractivity contribution in [1.29, 1.82) is 0 Å². The number of alkyl halides is 3. The van der Waals surface area contributed by atoms with E-state index in [1.54, 1.807) is 13.8 Å². The molecule has 30 heavy (non-hydrogen) atoms. The predicted molar refractivity (Wildman–Crippen MR) is 112 cm³/mol. The molecule has 0 radical (unpaired) electrons. The van der Waals surface area contributed by atoms with Crippen LogP contribution in [0.3, 0.4) is 0 Å². The molecule has 0 amide bonds. The lowest BCUT2D eigenvalue weighted by atomic mass is 9.93. The standard InChI is InChI=1S/C12H12F3N3.C8H16O2.C2H6/c1-7-16-9-5-6-10(12(13,14)15)17-11(9)18(7)8-3-2-4-8;1-4-5-7(9)6-8(2,3)10;1-2/h5-6,8H,2-4H2,1H3;10H,4-6H2,1-3H3;1-2H3. The number of hydrogen-bond acceptors (Lipinski definition) is 4. The van der Waals surface area contributed by atoms with Crippen LogP contribution in [0.25, 0.3) is 11.2 Å². The smallest absolute Gasteiger partial charge is 0.390 e. The number of Topliss-reactive ketones (excluding diaryl/α,β-unsaturated/α-hetero) is 1. The van der Waals surface area contributed by atoms with Gasteiger partial charge in [-0.15, -0.1) is 0 Å². The Morgan fingerprint density at radius 2 is 1.80 bits per heavy atom. The van der Waals surface area contributed by atoms with Gasteiger partial charge in [0.2, 0.25) is 0 Å². The molecule has 0 aromatic carbocycles. The maximum Gasteiger partial charge on any atom is 0.433 e. The lowest BCUT2D eigenvalue weighted by molar-refractivity contribution is -0.141. The van der Waals surface area contributed by atoms with Crippen molar-refractivity contribution in [2.45, 2.75) is 97.9 Å². The van der Waals surface area contributed by atoms with Gasteiger partial charge in [-0.3, -0.25) is 4.79 Å². The quantitative estimate of drug-likeness (QED) is 0.630. The molecule has 0 saturated heterocycles. The molecular weight excluding hydrogens is 395 g/mol. The van der Waals surface area contributed by atoms with Crippen molar-refractivity contribution in [3.05, 3.63) is 23.7 Å². The van der Waals surface area contributed by atoms with Crippen molar-refractivity contribution >= 4 is 16.9 Å². The fourth-order valence-electron chi connectivity index (χ4n) is 3.18. The number of aromatic nitrogens is 3. The molecule has 1 aliphatic carbocycles. The van der Waals surface area contributed by atoms with E-state index in [4.69, 9.17) is 0 Å². The molecule has 1 saturated carbocycles. The monoisotopic (exact) mass is 429 g/mol. The molecule has 2 aromatic heterocycles. The number of carbonyl (C=O) groups excluding carboxylic acids is 1. The van der Waals surface area contributed by atoms with Crippen LogP contribution in [0.15, 0.2) is 12.1 Å². The summed E-state index contributed by atoms with van der Waals surface area (Å²) in [7, 11) is 0. The fraction of sp³-hybridized carbons (Fsp3) is 0.682. The average Bonchev–Trinajstić information content (AvgIpc) is 2.89. The molecule has 170 valence electrons. The summed E-state index contributed by atoms with van der Waals surface area (Å²) in [4.78, 5) is 18.9. The zero-order chi connectivity index (χ0) is 23.1. The summed E-state index contributed by atoms with van der Waals surface area (Å²) >= 11 is 0.